The van der Waals surface area contributed by atoms with E-state index < -0.39 is 10.9 Å². The maximum atomic E-state index is 11.1. The second-order valence-electron chi connectivity index (χ2n) is 3.57. The summed E-state index contributed by atoms with van der Waals surface area (Å²) in [5, 5.41) is 14.9. The van der Waals surface area contributed by atoms with Crippen LogP contribution in [0.1, 0.15) is 5.69 Å². The molecule has 0 aromatic carbocycles. The molecule has 0 aliphatic carbocycles. The van der Waals surface area contributed by atoms with E-state index in [1.54, 1.807) is 21.0 Å². The molecule has 8 nitrogen and oxygen atoms in total. The summed E-state index contributed by atoms with van der Waals surface area (Å²) in [6, 6.07) is 0. The van der Waals surface area contributed by atoms with Crippen LogP contribution in [-0.4, -0.2) is 41.4 Å². The molecule has 1 aromatic heterocycles. The summed E-state index contributed by atoms with van der Waals surface area (Å²) in [6.45, 7) is 1.48. The van der Waals surface area contributed by atoms with E-state index in [9.17, 15) is 14.9 Å². The van der Waals surface area contributed by atoms with Crippen LogP contribution in [0.3, 0.4) is 0 Å². The fourth-order valence-electron chi connectivity index (χ4n) is 1.61. The smallest absolute Gasteiger partial charge is 0.333 e. The number of anilines is 1. The van der Waals surface area contributed by atoms with Crippen LogP contribution in [0.4, 0.5) is 11.5 Å². The van der Waals surface area contributed by atoms with Crippen LogP contribution in [0, 0.1) is 17.0 Å². The summed E-state index contributed by atoms with van der Waals surface area (Å²) in [6.07, 6.45) is 0. The van der Waals surface area contributed by atoms with Gasteiger partial charge in [0.15, 0.2) is 0 Å². The number of esters is 1. The highest BCUT2D eigenvalue weighted by Gasteiger charge is 2.27. The maximum Gasteiger partial charge on any atom is 0.333 e. The Bertz CT molecular complexity index is 454. The van der Waals surface area contributed by atoms with Crippen molar-refractivity contribution in [3.63, 3.8) is 0 Å². The van der Waals surface area contributed by atoms with Crippen molar-refractivity contribution in [2.75, 3.05) is 25.6 Å². The highest BCUT2D eigenvalue weighted by molar-refractivity contribution is 5.76. The Kier molecular flexibility index (Phi) is 3.66. The van der Waals surface area contributed by atoms with E-state index in [1.807, 2.05) is 0 Å². The van der Waals surface area contributed by atoms with E-state index in [4.69, 9.17) is 0 Å². The van der Waals surface area contributed by atoms with E-state index in [2.05, 4.69) is 9.84 Å². The average molecular weight is 242 g/mol. The van der Waals surface area contributed by atoms with Gasteiger partial charge in [0.25, 0.3) is 0 Å². The van der Waals surface area contributed by atoms with Gasteiger partial charge in [-0.15, -0.1) is 0 Å². The lowest BCUT2D eigenvalue weighted by molar-refractivity contribution is -0.384. The van der Waals surface area contributed by atoms with Crippen molar-refractivity contribution in [2.45, 2.75) is 6.92 Å². The van der Waals surface area contributed by atoms with Crippen molar-refractivity contribution in [3.8, 4) is 0 Å². The molecule has 0 saturated carbocycles. The monoisotopic (exact) mass is 242 g/mol. The second-order valence-corrected chi connectivity index (χ2v) is 3.57. The molecule has 0 amide bonds. The Labute approximate surface area is 97.9 Å². The average Bonchev–Trinajstić information content (AvgIpc) is 2.53. The van der Waals surface area contributed by atoms with Crippen LogP contribution in [-0.2, 0) is 16.6 Å². The molecular formula is C9H14N4O4. The molecule has 1 aromatic rings. The number of carbonyl (C=O) groups is 1. The predicted molar refractivity (Wildman–Crippen MR) is 59.9 cm³/mol. The molecule has 0 atom stereocenters. The zero-order chi connectivity index (χ0) is 13.2. The third kappa shape index (κ3) is 2.52. The second kappa shape index (κ2) is 4.81. The lowest BCUT2D eigenvalue weighted by atomic mass is 10.3. The highest BCUT2D eigenvalue weighted by atomic mass is 16.6. The van der Waals surface area contributed by atoms with Gasteiger partial charge in [-0.25, -0.2) is 4.68 Å². The topological polar surface area (TPSA) is 90.5 Å². The van der Waals surface area contributed by atoms with Crippen LogP contribution >= 0.6 is 0 Å². The number of rotatable bonds is 4. The SMILES string of the molecule is COC(=O)CN(C)c1c([N+](=O)[O-])c(C)nn1C. The Balaban J connectivity index is 3.12. The number of hydrogen-bond acceptors (Lipinski definition) is 6. The molecule has 0 radical (unpaired) electrons. The van der Waals surface area contributed by atoms with Crippen molar-refractivity contribution in [2.24, 2.45) is 7.05 Å². The molecular weight excluding hydrogens is 228 g/mol. The van der Waals surface area contributed by atoms with Crippen molar-refractivity contribution in [1.82, 2.24) is 9.78 Å². The van der Waals surface area contributed by atoms with E-state index >= 15 is 0 Å². The van der Waals surface area contributed by atoms with Crippen LogP contribution in [0.15, 0.2) is 0 Å². The molecule has 0 aliphatic heterocycles. The summed E-state index contributed by atoms with van der Waals surface area (Å²) in [7, 11) is 4.42. The minimum Gasteiger partial charge on any atom is -0.468 e. The first-order valence-electron chi connectivity index (χ1n) is 4.84. The van der Waals surface area contributed by atoms with Gasteiger partial charge in [-0.3, -0.25) is 14.9 Å². The number of aromatic nitrogens is 2. The van der Waals surface area contributed by atoms with Crippen molar-refractivity contribution >= 4 is 17.5 Å². The minimum absolute atomic E-state index is 0.0731. The molecule has 0 bridgehead atoms. The number of carbonyl (C=O) groups excluding carboxylic acids is 1. The van der Waals surface area contributed by atoms with Gasteiger partial charge in [-0.1, -0.05) is 0 Å². The van der Waals surface area contributed by atoms with Crippen molar-refractivity contribution < 1.29 is 14.5 Å². The quantitative estimate of drug-likeness (QED) is 0.427. The fourth-order valence-corrected chi connectivity index (χ4v) is 1.61. The first-order chi connectivity index (χ1) is 7.88. The third-order valence-corrected chi connectivity index (χ3v) is 2.30. The van der Waals surface area contributed by atoms with Gasteiger partial charge in [0.1, 0.15) is 12.2 Å². The Morgan fingerprint density at radius 2 is 2.24 bits per heavy atom. The summed E-state index contributed by atoms with van der Waals surface area (Å²) in [5.41, 5.74) is 0.211. The molecule has 0 unspecified atom stereocenters. The number of nitrogens with zero attached hydrogens (tertiary/aromatic N) is 4. The number of hydrogen-bond donors (Lipinski definition) is 0. The summed E-state index contributed by atoms with van der Waals surface area (Å²) in [4.78, 5) is 23.0. The van der Waals surface area contributed by atoms with Gasteiger partial charge in [-0.05, 0) is 6.92 Å². The van der Waals surface area contributed by atoms with Gasteiger partial charge < -0.3 is 9.64 Å². The van der Waals surface area contributed by atoms with E-state index in [0.29, 0.717) is 5.69 Å². The maximum absolute atomic E-state index is 11.1. The molecule has 17 heavy (non-hydrogen) atoms. The van der Waals surface area contributed by atoms with Crippen LogP contribution in [0.5, 0.6) is 0 Å². The Hall–Kier alpha value is -2.12. The Morgan fingerprint density at radius 1 is 1.65 bits per heavy atom. The number of likely N-dealkylation sites (N-methyl/N-ethyl adjacent to an activating group) is 1. The molecule has 0 saturated heterocycles. The number of ether oxygens (including phenoxy) is 1. The van der Waals surface area contributed by atoms with Gasteiger partial charge in [0.05, 0.1) is 12.0 Å². The van der Waals surface area contributed by atoms with Gasteiger partial charge in [0.2, 0.25) is 5.82 Å². The minimum atomic E-state index is -0.508. The lowest BCUT2D eigenvalue weighted by Gasteiger charge is -2.16. The molecule has 1 rings (SSSR count). The molecule has 1 heterocycles. The molecule has 0 spiro atoms. The van der Waals surface area contributed by atoms with E-state index in [-0.39, 0.29) is 18.1 Å². The Morgan fingerprint density at radius 3 is 2.71 bits per heavy atom. The summed E-state index contributed by atoms with van der Waals surface area (Å²) >= 11 is 0. The van der Waals surface area contributed by atoms with E-state index in [0.717, 1.165) is 0 Å². The molecule has 0 N–H and O–H groups in total. The van der Waals surface area contributed by atoms with E-state index in [1.165, 1.54) is 16.7 Å². The normalized spacial score (nSPS) is 10.1. The van der Waals surface area contributed by atoms with Crippen LogP contribution < -0.4 is 4.90 Å². The van der Waals surface area contributed by atoms with Crippen molar-refractivity contribution in [3.05, 3.63) is 15.8 Å². The summed E-state index contributed by atoms with van der Waals surface area (Å²) in [5.74, 6) is -0.196. The fraction of sp³-hybridized carbons (Fsp3) is 0.556. The number of methoxy groups -OCH3 is 1. The molecule has 94 valence electrons. The number of aryl methyl sites for hydroxylation is 2. The number of nitro groups is 1. The van der Waals surface area contributed by atoms with Gasteiger partial charge in [-0.2, -0.15) is 5.10 Å². The predicted octanol–water partition coefficient (Wildman–Crippen LogP) is 0.246. The lowest BCUT2D eigenvalue weighted by Crippen LogP contribution is -2.28. The zero-order valence-corrected chi connectivity index (χ0v) is 10.1. The standard InChI is InChI=1S/C9H14N4O4/c1-6-8(13(15)16)9(12(3)10-6)11(2)5-7(14)17-4/h5H2,1-4H3. The first kappa shape index (κ1) is 12.9. The van der Waals surface area contributed by atoms with Crippen LogP contribution in [0.25, 0.3) is 0 Å². The van der Waals surface area contributed by atoms with Gasteiger partial charge >= 0.3 is 11.7 Å². The molecule has 0 fully saturated rings. The third-order valence-electron chi connectivity index (χ3n) is 2.30. The first-order valence-corrected chi connectivity index (χ1v) is 4.84. The zero-order valence-electron chi connectivity index (χ0n) is 10.1. The molecule has 8 heteroatoms. The van der Waals surface area contributed by atoms with Crippen LogP contribution in [0.2, 0.25) is 0 Å². The molecule has 0 aliphatic rings. The van der Waals surface area contributed by atoms with Crippen molar-refractivity contribution in [1.29, 1.82) is 0 Å². The highest BCUT2D eigenvalue weighted by Crippen LogP contribution is 2.29. The van der Waals surface area contributed by atoms with Gasteiger partial charge in [0, 0.05) is 14.1 Å². The largest absolute Gasteiger partial charge is 0.468 e. The summed E-state index contributed by atoms with van der Waals surface area (Å²) < 4.78 is 5.88.